The van der Waals surface area contributed by atoms with Gasteiger partial charge in [-0.25, -0.2) is 0 Å². The molecule has 2 heteroatoms. The van der Waals surface area contributed by atoms with Gasteiger partial charge < -0.3 is 9.32 Å². The molecule has 2 nitrogen and oxygen atoms in total. The third-order valence-corrected chi connectivity index (χ3v) is 11.3. The van der Waals surface area contributed by atoms with Crippen LogP contribution in [-0.4, -0.2) is 0 Å². The molecule has 0 saturated heterocycles. The third kappa shape index (κ3) is 5.26. The molecular formula is C54H35NO. The number of para-hydroxylation sites is 2. The van der Waals surface area contributed by atoms with Gasteiger partial charge in [0.2, 0.25) is 0 Å². The highest BCUT2D eigenvalue weighted by atomic mass is 16.3. The van der Waals surface area contributed by atoms with Gasteiger partial charge in [-0.2, -0.15) is 0 Å². The number of furan rings is 1. The predicted octanol–water partition coefficient (Wildman–Crippen LogP) is 15.5. The molecule has 56 heavy (non-hydrogen) atoms. The minimum absolute atomic E-state index is 0.889. The largest absolute Gasteiger partial charge is 0.455 e. The minimum atomic E-state index is 0.889. The molecule has 11 aromatic rings. The SMILES string of the molecule is c1ccc(-c2ccc(-c3ccccc3N(c3ccccc3-c3ccc4oc5c6ccccc6ccc5c4c3)c3cccc4c3ccc3ccccc34)cc2)cc1. The number of benzene rings is 10. The molecule has 0 fully saturated rings. The van der Waals surface area contributed by atoms with Crippen LogP contribution < -0.4 is 4.90 Å². The normalized spacial score (nSPS) is 11.6. The first kappa shape index (κ1) is 32.0. The molecule has 0 aliphatic heterocycles. The molecule has 0 amide bonds. The molecule has 0 aliphatic carbocycles. The molecule has 0 aliphatic rings. The Hall–Kier alpha value is -7.42. The van der Waals surface area contributed by atoms with Crippen LogP contribution in [0.4, 0.5) is 17.1 Å². The Morgan fingerprint density at radius 3 is 1.59 bits per heavy atom. The number of nitrogens with zero attached hydrogens (tertiary/aromatic N) is 1. The van der Waals surface area contributed by atoms with Crippen LogP contribution in [0.15, 0.2) is 217 Å². The molecule has 0 spiro atoms. The number of hydrogen-bond acceptors (Lipinski definition) is 2. The zero-order valence-corrected chi connectivity index (χ0v) is 30.6. The Kier molecular flexibility index (Phi) is 7.53. The highest BCUT2D eigenvalue weighted by molar-refractivity contribution is 6.16. The lowest BCUT2D eigenvalue weighted by Crippen LogP contribution is -2.13. The van der Waals surface area contributed by atoms with Crippen LogP contribution in [0.5, 0.6) is 0 Å². The Morgan fingerprint density at radius 2 is 0.821 bits per heavy atom. The van der Waals surface area contributed by atoms with E-state index < -0.39 is 0 Å². The quantitative estimate of drug-likeness (QED) is 0.160. The fourth-order valence-corrected chi connectivity index (χ4v) is 8.58. The predicted molar refractivity (Wildman–Crippen MR) is 237 cm³/mol. The van der Waals surface area contributed by atoms with Gasteiger partial charge in [-0.05, 0) is 80.2 Å². The van der Waals surface area contributed by atoms with Crippen molar-refractivity contribution in [3.05, 3.63) is 212 Å². The van der Waals surface area contributed by atoms with Gasteiger partial charge in [-0.1, -0.05) is 176 Å². The summed E-state index contributed by atoms with van der Waals surface area (Å²) in [5.41, 5.74) is 12.1. The molecule has 1 heterocycles. The topological polar surface area (TPSA) is 16.4 Å². The van der Waals surface area contributed by atoms with Crippen LogP contribution in [0.3, 0.4) is 0 Å². The zero-order chi connectivity index (χ0) is 37.0. The molecule has 10 aromatic carbocycles. The Balaban J connectivity index is 1.14. The van der Waals surface area contributed by atoms with E-state index in [0.29, 0.717) is 0 Å². The lowest BCUT2D eigenvalue weighted by atomic mass is 9.95. The second kappa shape index (κ2) is 13.2. The van der Waals surface area contributed by atoms with E-state index in [9.17, 15) is 0 Å². The van der Waals surface area contributed by atoms with Crippen molar-refractivity contribution in [2.75, 3.05) is 4.90 Å². The van der Waals surface area contributed by atoms with Gasteiger partial charge in [0.25, 0.3) is 0 Å². The Morgan fingerprint density at radius 1 is 0.286 bits per heavy atom. The van der Waals surface area contributed by atoms with E-state index in [2.05, 4.69) is 217 Å². The molecular weight excluding hydrogens is 679 g/mol. The van der Waals surface area contributed by atoms with E-state index in [0.717, 1.165) is 66.6 Å². The van der Waals surface area contributed by atoms with E-state index in [1.165, 1.54) is 38.1 Å². The van der Waals surface area contributed by atoms with Gasteiger partial charge in [-0.3, -0.25) is 0 Å². The highest BCUT2D eigenvalue weighted by Crippen LogP contribution is 2.48. The summed E-state index contributed by atoms with van der Waals surface area (Å²) in [4.78, 5) is 2.47. The van der Waals surface area contributed by atoms with Crippen LogP contribution in [0.1, 0.15) is 0 Å². The second-order valence-electron chi connectivity index (χ2n) is 14.4. The molecule has 11 rings (SSSR count). The first-order chi connectivity index (χ1) is 27.8. The third-order valence-electron chi connectivity index (χ3n) is 11.3. The maximum absolute atomic E-state index is 6.55. The fourth-order valence-electron chi connectivity index (χ4n) is 8.58. The second-order valence-corrected chi connectivity index (χ2v) is 14.4. The van der Waals surface area contributed by atoms with Gasteiger partial charge in [0.15, 0.2) is 0 Å². The maximum Gasteiger partial charge on any atom is 0.143 e. The van der Waals surface area contributed by atoms with Gasteiger partial charge in [0, 0.05) is 32.7 Å². The van der Waals surface area contributed by atoms with E-state index in [1.807, 2.05) is 0 Å². The van der Waals surface area contributed by atoms with Gasteiger partial charge in [0.05, 0.1) is 17.1 Å². The van der Waals surface area contributed by atoms with E-state index in [1.54, 1.807) is 0 Å². The molecule has 0 saturated carbocycles. The summed E-state index contributed by atoms with van der Waals surface area (Å²) in [5, 5.41) is 9.44. The van der Waals surface area contributed by atoms with Crippen molar-refractivity contribution in [2.24, 2.45) is 0 Å². The number of rotatable bonds is 6. The summed E-state index contributed by atoms with van der Waals surface area (Å²) in [6.07, 6.45) is 0. The summed E-state index contributed by atoms with van der Waals surface area (Å²) >= 11 is 0. The molecule has 0 unspecified atom stereocenters. The lowest BCUT2D eigenvalue weighted by molar-refractivity contribution is 0.672. The van der Waals surface area contributed by atoms with Gasteiger partial charge in [0.1, 0.15) is 11.2 Å². The van der Waals surface area contributed by atoms with Crippen LogP contribution in [0.25, 0.3) is 87.6 Å². The van der Waals surface area contributed by atoms with Crippen molar-refractivity contribution in [1.29, 1.82) is 0 Å². The molecule has 1 aromatic heterocycles. The van der Waals surface area contributed by atoms with E-state index >= 15 is 0 Å². The van der Waals surface area contributed by atoms with Crippen molar-refractivity contribution < 1.29 is 4.42 Å². The highest BCUT2D eigenvalue weighted by Gasteiger charge is 2.23. The summed E-state index contributed by atoms with van der Waals surface area (Å²) in [6, 6.07) is 76.6. The first-order valence-corrected chi connectivity index (χ1v) is 19.2. The monoisotopic (exact) mass is 713 g/mol. The average molecular weight is 714 g/mol. The minimum Gasteiger partial charge on any atom is -0.455 e. The van der Waals surface area contributed by atoms with Gasteiger partial charge >= 0.3 is 0 Å². The fraction of sp³-hybridized carbons (Fsp3) is 0. The lowest BCUT2D eigenvalue weighted by Gasteiger charge is -2.31. The van der Waals surface area contributed by atoms with Crippen molar-refractivity contribution in [1.82, 2.24) is 0 Å². The molecule has 0 atom stereocenters. The Bertz CT molecular complexity index is 3250. The van der Waals surface area contributed by atoms with Crippen molar-refractivity contribution >= 4 is 71.3 Å². The average Bonchev–Trinajstić information content (AvgIpc) is 3.66. The zero-order valence-electron chi connectivity index (χ0n) is 30.6. The molecule has 0 radical (unpaired) electrons. The maximum atomic E-state index is 6.55. The standard InChI is InChI=1S/C54H35NO/c1-2-13-36(14-3-1)37-25-27-40(28-26-37)43-18-8-10-22-50(43)55(52-24-12-21-46-42-17-6-4-15-38(42)29-32-47(46)52)51-23-11-9-19-44(51)41-31-34-53-49(35-41)48-33-30-39-16-5-7-20-45(39)54(48)56-53/h1-35H. The Labute approximate surface area is 325 Å². The van der Waals surface area contributed by atoms with Crippen molar-refractivity contribution in [2.45, 2.75) is 0 Å². The van der Waals surface area contributed by atoms with Crippen molar-refractivity contribution in [3.8, 4) is 33.4 Å². The van der Waals surface area contributed by atoms with Gasteiger partial charge in [-0.15, -0.1) is 0 Å². The smallest absolute Gasteiger partial charge is 0.143 e. The summed E-state index contributed by atoms with van der Waals surface area (Å²) in [5.74, 6) is 0. The van der Waals surface area contributed by atoms with Crippen molar-refractivity contribution in [3.63, 3.8) is 0 Å². The van der Waals surface area contributed by atoms with Crippen LogP contribution in [-0.2, 0) is 0 Å². The van der Waals surface area contributed by atoms with Crippen LogP contribution >= 0.6 is 0 Å². The van der Waals surface area contributed by atoms with Crippen LogP contribution in [0.2, 0.25) is 0 Å². The molecule has 0 bridgehead atoms. The van der Waals surface area contributed by atoms with E-state index in [-0.39, 0.29) is 0 Å². The summed E-state index contributed by atoms with van der Waals surface area (Å²) in [6.45, 7) is 0. The molecule has 262 valence electrons. The number of fused-ring (bicyclic) bond motifs is 8. The first-order valence-electron chi connectivity index (χ1n) is 19.2. The number of anilines is 3. The molecule has 0 N–H and O–H groups in total. The van der Waals surface area contributed by atoms with E-state index in [4.69, 9.17) is 4.42 Å². The number of hydrogen-bond donors (Lipinski definition) is 0. The van der Waals surface area contributed by atoms with Crippen LogP contribution in [0, 0.1) is 0 Å². The summed E-state index contributed by atoms with van der Waals surface area (Å²) in [7, 11) is 0. The summed E-state index contributed by atoms with van der Waals surface area (Å²) < 4.78 is 6.55.